The van der Waals surface area contributed by atoms with E-state index in [0.29, 0.717) is 16.7 Å². The molecule has 0 unspecified atom stereocenters. The van der Waals surface area contributed by atoms with E-state index in [9.17, 15) is 1.37 Å². The van der Waals surface area contributed by atoms with Crippen molar-refractivity contribution in [1.82, 2.24) is 4.98 Å². The van der Waals surface area contributed by atoms with E-state index < -0.39 is 30.4 Å². The van der Waals surface area contributed by atoms with Gasteiger partial charge in [0.2, 0.25) is 0 Å². The maximum Gasteiger partial charge on any atom is 0.139 e. The van der Waals surface area contributed by atoms with Crippen LogP contribution in [0.5, 0.6) is 0 Å². The predicted octanol–water partition coefficient (Wildman–Crippen LogP) is 10.4. The summed E-state index contributed by atoms with van der Waals surface area (Å²) in [6.07, 6.45) is 11.6. The molecular formula is C36H43NO. The summed E-state index contributed by atoms with van der Waals surface area (Å²) in [4.78, 5) is 4.68. The molecule has 7 rings (SSSR count). The lowest BCUT2D eigenvalue weighted by Crippen LogP contribution is -2.44. The van der Waals surface area contributed by atoms with Gasteiger partial charge in [-0.2, -0.15) is 0 Å². The largest absolute Gasteiger partial charge is 0.455 e. The van der Waals surface area contributed by atoms with E-state index >= 15 is 0 Å². The summed E-state index contributed by atoms with van der Waals surface area (Å²) >= 11 is 0. The topological polar surface area (TPSA) is 26.0 Å². The molecule has 2 heteroatoms. The third kappa shape index (κ3) is 3.21. The van der Waals surface area contributed by atoms with Gasteiger partial charge in [-0.15, -0.1) is 0 Å². The monoisotopic (exact) mass is 512 g/mol. The molecule has 38 heavy (non-hydrogen) atoms. The quantitative estimate of drug-likeness (QED) is 0.253. The van der Waals surface area contributed by atoms with E-state index in [0.717, 1.165) is 64.3 Å². The Bertz CT molecular complexity index is 1830. The SMILES string of the molecule is [2H]C([2H])([2H])c1cnc2c(c1C([2H])([2H])[2H])C(C)(C)C(C)(C)c1c-2ccc2c1oc1c(C3([2H])CCC4(CCCCC4)CC3)cccc12. The van der Waals surface area contributed by atoms with Gasteiger partial charge in [0.05, 0.1) is 5.69 Å². The molecule has 2 saturated carbocycles. The first kappa shape index (κ1) is 17.9. The van der Waals surface area contributed by atoms with Crippen molar-refractivity contribution in [3.63, 3.8) is 0 Å². The van der Waals surface area contributed by atoms with Gasteiger partial charge in [0, 0.05) is 48.5 Å². The minimum atomic E-state index is -2.64. The fourth-order valence-electron chi connectivity index (χ4n) is 8.06. The second kappa shape index (κ2) is 8.20. The average molecular weight is 513 g/mol. The Balaban J connectivity index is 1.45. The van der Waals surface area contributed by atoms with Gasteiger partial charge in [-0.3, -0.25) is 4.98 Å². The predicted molar refractivity (Wildman–Crippen MR) is 159 cm³/mol. The van der Waals surface area contributed by atoms with Crippen LogP contribution in [-0.2, 0) is 10.8 Å². The van der Waals surface area contributed by atoms with E-state index in [1.807, 2.05) is 26.0 Å². The van der Waals surface area contributed by atoms with Crippen LogP contribution in [0.2, 0.25) is 0 Å². The summed E-state index contributed by atoms with van der Waals surface area (Å²) in [5, 5.41) is 1.96. The van der Waals surface area contributed by atoms with Gasteiger partial charge in [-0.05, 0) is 91.9 Å². The van der Waals surface area contributed by atoms with Gasteiger partial charge < -0.3 is 4.42 Å². The Morgan fingerprint density at radius 1 is 0.842 bits per heavy atom. The highest BCUT2D eigenvalue weighted by atomic mass is 16.3. The first-order chi connectivity index (χ1) is 20.9. The summed E-state index contributed by atoms with van der Waals surface area (Å²) in [6.45, 7) is 2.90. The summed E-state index contributed by atoms with van der Waals surface area (Å²) in [7, 11) is 0. The summed E-state index contributed by atoms with van der Waals surface area (Å²) < 4.78 is 66.4. The third-order valence-corrected chi connectivity index (χ3v) is 11.0. The molecule has 2 heterocycles. The van der Waals surface area contributed by atoms with Crippen molar-refractivity contribution >= 4 is 21.9 Å². The Morgan fingerprint density at radius 2 is 1.58 bits per heavy atom. The maximum atomic E-state index is 9.73. The minimum absolute atomic E-state index is 0.118. The van der Waals surface area contributed by atoms with Gasteiger partial charge in [0.25, 0.3) is 0 Å². The zero-order chi connectivity index (χ0) is 32.4. The van der Waals surface area contributed by atoms with Crippen molar-refractivity contribution in [2.24, 2.45) is 5.41 Å². The second-order valence-corrected chi connectivity index (χ2v) is 13.3. The lowest BCUT2D eigenvalue weighted by Gasteiger charge is -2.48. The molecule has 0 radical (unpaired) electrons. The highest BCUT2D eigenvalue weighted by Gasteiger charge is 2.49. The van der Waals surface area contributed by atoms with Crippen LogP contribution in [-0.4, -0.2) is 4.98 Å². The molecule has 3 aliphatic rings. The maximum absolute atomic E-state index is 9.73. The Labute approximate surface area is 238 Å². The average Bonchev–Trinajstić information content (AvgIpc) is 3.35. The number of fused-ring (bicyclic) bond motifs is 7. The van der Waals surface area contributed by atoms with Crippen molar-refractivity contribution in [2.45, 2.75) is 116 Å². The lowest BCUT2D eigenvalue weighted by atomic mass is 9.55. The van der Waals surface area contributed by atoms with E-state index in [2.05, 4.69) is 37.0 Å². The summed E-state index contributed by atoms with van der Waals surface area (Å²) in [5.41, 5.74) is 3.73. The molecule has 1 spiro atoms. The first-order valence-electron chi connectivity index (χ1n) is 18.0. The third-order valence-electron chi connectivity index (χ3n) is 11.0. The van der Waals surface area contributed by atoms with E-state index in [1.165, 1.54) is 38.3 Å². The molecule has 2 fully saturated rings. The summed E-state index contributed by atoms with van der Waals surface area (Å²) in [6, 6.07) is 10.2. The number of hydrogen-bond acceptors (Lipinski definition) is 2. The van der Waals surface area contributed by atoms with Gasteiger partial charge in [0.15, 0.2) is 0 Å². The molecule has 0 atom stereocenters. The molecule has 3 aliphatic carbocycles. The second-order valence-electron chi connectivity index (χ2n) is 13.3. The molecular weight excluding hydrogens is 462 g/mol. The lowest BCUT2D eigenvalue weighted by molar-refractivity contribution is 0.114. The van der Waals surface area contributed by atoms with Crippen LogP contribution >= 0.6 is 0 Å². The molecule has 4 aromatic rings. The number of aromatic nitrogens is 1. The van der Waals surface area contributed by atoms with Gasteiger partial charge in [-0.25, -0.2) is 0 Å². The first-order valence-corrected chi connectivity index (χ1v) is 14.5. The van der Waals surface area contributed by atoms with Gasteiger partial charge in [-0.1, -0.05) is 71.2 Å². The smallest absolute Gasteiger partial charge is 0.139 e. The van der Waals surface area contributed by atoms with Crippen LogP contribution in [0, 0.1) is 19.1 Å². The fourth-order valence-corrected chi connectivity index (χ4v) is 8.06. The highest BCUT2D eigenvalue weighted by molar-refractivity contribution is 6.09. The highest BCUT2D eigenvalue weighted by Crippen LogP contribution is 2.57. The van der Waals surface area contributed by atoms with Crippen molar-refractivity contribution < 1.29 is 14.0 Å². The Morgan fingerprint density at radius 3 is 2.32 bits per heavy atom. The number of benzene rings is 2. The number of aryl methyl sites for hydroxylation is 1. The molecule has 0 bridgehead atoms. The van der Waals surface area contributed by atoms with Crippen molar-refractivity contribution in [3.8, 4) is 11.3 Å². The molecule has 0 amide bonds. The number of rotatable bonds is 1. The Kier molecular flexibility index (Phi) is 3.86. The molecule has 0 N–H and O–H groups in total. The van der Waals surface area contributed by atoms with Crippen LogP contribution in [0.3, 0.4) is 0 Å². The zero-order valence-corrected chi connectivity index (χ0v) is 23.2. The van der Waals surface area contributed by atoms with Gasteiger partial charge >= 0.3 is 0 Å². The number of pyridine rings is 1. The summed E-state index contributed by atoms with van der Waals surface area (Å²) in [5.74, 6) is -0.709. The molecule has 0 saturated heterocycles. The normalized spacial score (nSPS) is 26.3. The van der Waals surface area contributed by atoms with Crippen LogP contribution in [0.4, 0.5) is 0 Å². The molecule has 2 aromatic heterocycles. The van der Waals surface area contributed by atoms with Crippen LogP contribution in [0.1, 0.15) is 129 Å². The Hall–Kier alpha value is -2.61. The molecule has 2 nitrogen and oxygen atoms in total. The van der Waals surface area contributed by atoms with E-state index in [4.69, 9.17) is 12.6 Å². The van der Waals surface area contributed by atoms with E-state index in [-0.39, 0.29) is 11.1 Å². The number of furan rings is 1. The van der Waals surface area contributed by atoms with Gasteiger partial charge in [0.1, 0.15) is 11.2 Å². The number of nitrogens with zero attached hydrogens (tertiary/aromatic N) is 1. The van der Waals surface area contributed by atoms with Crippen LogP contribution in [0.25, 0.3) is 33.2 Å². The molecule has 198 valence electrons. The fraction of sp³-hybridized carbons (Fsp3) is 0.528. The van der Waals surface area contributed by atoms with Crippen molar-refractivity contribution in [1.29, 1.82) is 0 Å². The molecule has 2 aromatic carbocycles. The minimum Gasteiger partial charge on any atom is -0.455 e. The van der Waals surface area contributed by atoms with Crippen molar-refractivity contribution in [3.05, 3.63) is 64.3 Å². The number of hydrogen-bond donors (Lipinski definition) is 0. The zero-order valence-electron chi connectivity index (χ0n) is 30.2. The van der Waals surface area contributed by atoms with E-state index in [1.54, 1.807) is 0 Å². The number of para-hydroxylation sites is 1. The van der Waals surface area contributed by atoms with Crippen LogP contribution in [0.15, 0.2) is 40.9 Å². The van der Waals surface area contributed by atoms with Crippen LogP contribution < -0.4 is 0 Å². The standard InChI is InChI=1S/C36H43NO/c1-22-21-37-31-28-14-13-27-26-12-10-11-25(24-15-19-36(20-16-24)17-8-7-9-18-36)32(26)38-33(27)30(28)35(5,6)34(3,4)29(31)23(22)2/h10-14,21,24H,7-9,15-20H2,1-6H3/i1D3,2D3,24D. The molecule has 0 aliphatic heterocycles. The van der Waals surface area contributed by atoms with Crippen molar-refractivity contribution in [2.75, 3.05) is 0 Å².